The van der Waals surface area contributed by atoms with E-state index in [9.17, 15) is 0 Å². The molecule has 2 aromatic rings. The van der Waals surface area contributed by atoms with Crippen LogP contribution >= 0.6 is 36.6 Å². The Morgan fingerprint density at radius 1 is 1.27 bits per heavy atom. The molecule has 118 valence electrons. The van der Waals surface area contributed by atoms with Gasteiger partial charge >= 0.3 is 0 Å². The van der Waals surface area contributed by atoms with Gasteiger partial charge in [0.05, 0.1) is 17.6 Å². The summed E-state index contributed by atoms with van der Waals surface area (Å²) in [7, 11) is 0. The van der Waals surface area contributed by atoms with Crippen LogP contribution in [0.2, 0.25) is 0 Å². The molecule has 0 unspecified atom stereocenters. The first-order valence-corrected chi connectivity index (χ1v) is 7.00. The van der Waals surface area contributed by atoms with Gasteiger partial charge in [-0.2, -0.15) is 5.10 Å². The Balaban J connectivity index is 0.00000121. The number of guanidine groups is 1. The van der Waals surface area contributed by atoms with Crippen molar-refractivity contribution in [2.24, 2.45) is 21.7 Å². The predicted molar refractivity (Wildman–Crippen MR) is 94.1 cm³/mol. The van der Waals surface area contributed by atoms with E-state index in [1.54, 1.807) is 30.4 Å². The molecule has 0 saturated heterocycles. The van der Waals surface area contributed by atoms with Crippen molar-refractivity contribution in [3.63, 3.8) is 0 Å². The lowest BCUT2D eigenvalue weighted by molar-refractivity contribution is 0.715. The molecule has 0 aromatic carbocycles. The van der Waals surface area contributed by atoms with E-state index in [1.165, 1.54) is 0 Å². The predicted octanol–water partition coefficient (Wildman–Crippen LogP) is 1.50. The van der Waals surface area contributed by atoms with Gasteiger partial charge in [-0.15, -0.1) is 29.9 Å². The maximum Gasteiger partial charge on any atom is 0.211 e. The number of fused-ring (bicyclic) bond motifs is 1. The van der Waals surface area contributed by atoms with Gasteiger partial charge in [0, 0.05) is 30.3 Å². The number of hydrogen-bond donors (Lipinski definition) is 2. The van der Waals surface area contributed by atoms with Crippen molar-refractivity contribution in [2.75, 3.05) is 5.75 Å². The van der Waals surface area contributed by atoms with Gasteiger partial charge in [-0.25, -0.2) is 4.98 Å². The first-order valence-electron chi connectivity index (χ1n) is 6.01. The average Bonchev–Trinajstić information content (AvgIpc) is 3.01. The third-order valence-corrected chi connectivity index (χ3v) is 3.78. The zero-order valence-corrected chi connectivity index (χ0v) is 13.9. The highest BCUT2D eigenvalue weighted by atomic mass is 35.5. The summed E-state index contributed by atoms with van der Waals surface area (Å²) in [4.78, 5) is 8.68. The molecule has 0 aliphatic carbocycles. The van der Waals surface area contributed by atoms with Gasteiger partial charge in [0.1, 0.15) is 0 Å². The second kappa shape index (κ2) is 8.02. The van der Waals surface area contributed by atoms with E-state index in [0.717, 1.165) is 34.4 Å². The summed E-state index contributed by atoms with van der Waals surface area (Å²) < 4.78 is 2.12. The highest BCUT2D eigenvalue weighted by molar-refractivity contribution is 7.99. The molecule has 3 heterocycles. The molecule has 3 rings (SSSR count). The highest BCUT2D eigenvalue weighted by Gasteiger charge is 2.21. The Kier molecular flexibility index (Phi) is 6.66. The maximum absolute atomic E-state index is 5.27. The number of halogens is 2. The fourth-order valence-corrected chi connectivity index (χ4v) is 2.96. The molecule has 4 N–H and O–H groups in total. The van der Waals surface area contributed by atoms with E-state index in [2.05, 4.69) is 24.7 Å². The van der Waals surface area contributed by atoms with Crippen LogP contribution in [0.15, 0.2) is 39.9 Å². The van der Waals surface area contributed by atoms with Gasteiger partial charge in [-0.3, -0.25) is 4.98 Å². The van der Waals surface area contributed by atoms with E-state index in [4.69, 9.17) is 11.5 Å². The molecule has 0 amide bonds. The van der Waals surface area contributed by atoms with Gasteiger partial charge in [0.15, 0.2) is 5.16 Å². The molecule has 2 aromatic heterocycles. The van der Waals surface area contributed by atoms with Crippen molar-refractivity contribution >= 4 is 48.8 Å². The van der Waals surface area contributed by atoms with Gasteiger partial charge < -0.3 is 16.0 Å². The summed E-state index contributed by atoms with van der Waals surface area (Å²) in [5.41, 5.74) is 13.3. The molecule has 22 heavy (non-hydrogen) atoms. The van der Waals surface area contributed by atoms with Gasteiger partial charge in [-0.05, 0) is 12.1 Å². The molecule has 1 aliphatic rings. The number of pyridine rings is 1. The molecule has 1 aliphatic heterocycles. The van der Waals surface area contributed by atoms with Crippen molar-refractivity contribution < 1.29 is 0 Å². The Morgan fingerprint density at radius 3 is 2.68 bits per heavy atom. The summed E-state index contributed by atoms with van der Waals surface area (Å²) in [5, 5.41) is 8.53. The van der Waals surface area contributed by atoms with Crippen LogP contribution in [0.4, 0.5) is 0 Å². The largest absolute Gasteiger partial charge is 0.369 e. The van der Waals surface area contributed by atoms with E-state index < -0.39 is 0 Å². The molecule has 0 bridgehead atoms. The van der Waals surface area contributed by atoms with E-state index in [-0.39, 0.29) is 30.8 Å². The van der Waals surface area contributed by atoms with Crippen LogP contribution in [-0.4, -0.2) is 32.5 Å². The second-order valence-corrected chi connectivity index (χ2v) is 5.20. The van der Waals surface area contributed by atoms with Crippen LogP contribution < -0.4 is 11.5 Å². The van der Waals surface area contributed by atoms with Crippen molar-refractivity contribution in [3.8, 4) is 11.3 Å². The Labute approximate surface area is 144 Å². The minimum absolute atomic E-state index is 0. The second-order valence-electron chi connectivity index (χ2n) is 4.13. The minimum Gasteiger partial charge on any atom is -0.369 e. The van der Waals surface area contributed by atoms with E-state index >= 15 is 0 Å². The smallest absolute Gasteiger partial charge is 0.211 e. The summed E-state index contributed by atoms with van der Waals surface area (Å²) >= 11 is 1.73. The van der Waals surface area contributed by atoms with Crippen molar-refractivity contribution in [2.45, 2.75) is 11.7 Å². The molecule has 0 fully saturated rings. The number of rotatable bonds is 3. The number of aromatic nitrogens is 3. The summed E-state index contributed by atoms with van der Waals surface area (Å²) in [5.74, 6) is 0.949. The van der Waals surface area contributed by atoms with Crippen molar-refractivity contribution in [1.29, 1.82) is 0 Å². The number of imidazole rings is 1. The monoisotopic (exact) mass is 359 g/mol. The van der Waals surface area contributed by atoms with Crippen molar-refractivity contribution in [1.82, 2.24) is 14.5 Å². The number of nitrogens with two attached hydrogens (primary N) is 2. The molecule has 0 radical (unpaired) electrons. The standard InChI is InChI=1S/C12H13N7S.2ClH/c13-11(14)18-16-7-9-10(8-1-3-15-4-2-8)17-12-19(9)5-6-20-12;;/h1-4,7H,5-6H2,(H4,13,14,18);2*1H/b16-7+;;. The van der Waals surface area contributed by atoms with E-state index in [0.29, 0.717) is 0 Å². The van der Waals surface area contributed by atoms with Crippen LogP contribution in [-0.2, 0) is 6.54 Å². The van der Waals surface area contributed by atoms with Crippen molar-refractivity contribution in [3.05, 3.63) is 30.2 Å². The molecular weight excluding hydrogens is 345 g/mol. The Bertz CT molecular complexity index is 680. The third-order valence-electron chi connectivity index (χ3n) is 2.82. The summed E-state index contributed by atoms with van der Waals surface area (Å²) in [6, 6.07) is 3.83. The topological polar surface area (TPSA) is 107 Å². The van der Waals surface area contributed by atoms with Crippen LogP contribution in [0.3, 0.4) is 0 Å². The van der Waals surface area contributed by atoms with Crippen LogP contribution in [0.5, 0.6) is 0 Å². The molecule has 0 spiro atoms. The lowest BCUT2D eigenvalue weighted by atomic mass is 10.1. The quantitative estimate of drug-likeness (QED) is 0.490. The molecular formula is C12H15Cl2N7S. The maximum atomic E-state index is 5.27. The molecule has 0 atom stereocenters. The highest BCUT2D eigenvalue weighted by Crippen LogP contribution is 2.32. The van der Waals surface area contributed by atoms with Crippen LogP contribution in [0.25, 0.3) is 11.3 Å². The zero-order valence-electron chi connectivity index (χ0n) is 11.4. The van der Waals surface area contributed by atoms with Crippen LogP contribution in [0.1, 0.15) is 5.69 Å². The average molecular weight is 360 g/mol. The number of hydrogen-bond acceptors (Lipinski definition) is 5. The summed E-state index contributed by atoms with van der Waals surface area (Å²) in [6.45, 7) is 0.904. The normalized spacial score (nSPS) is 12.4. The molecule has 10 heteroatoms. The SMILES string of the molecule is Cl.Cl.NC(N)=N/N=C/c1c(-c2ccncc2)nc2n1CCS2. The fourth-order valence-electron chi connectivity index (χ4n) is 2.00. The van der Waals surface area contributed by atoms with Gasteiger partial charge in [-0.1, -0.05) is 11.8 Å². The lowest BCUT2D eigenvalue weighted by Crippen LogP contribution is -2.21. The number of nitrogens with zero attached hydrogens (tertiary/aromatic N) is 5. The molecule has 7 nitrogen and oxygen atoms in total. The zero-order chi connectivity index (χ0) is 13.9. The minimum atomic E-state index is -0.0674. The summed E-state index contributed by atoms with van der Waals surface area (Å²) in [6.07, 6.45) is 5.12. The molecule has 0 saturated carbocycles. The van der Waals surface area contributed by atoms with E-state index in [1.807, 2.05) is 12.1 Å². The fraction of sp³-hybridized carbons (Fsp3) is 0.167. The van der Waals surface area contributed by atoms with Gasteiger partial charge in [0.2, 0.25) is 5.96 Å². The third kappa shape index (κ3) is 3.70. The van der Waals surface area contributed by atoms with Crippen LogP contribution in [0, 0.1) is 0 Å². The first-order chi connectivity index (χ1) is 9.75. The number of thioether (sulfide) groups is 1. The Hall–Kier alpha value is -1.77. The van der Waals surface area contributed by atoms with Gasteiger partial charge in [0.25, 0.3) is 0 Å². The Morgan fingerprint density at radius 2 is 2.00 bits per heavy atom. The first kappa shape index (κ1) is 18.3. The lowest BCUT2D eigenvalue weighted by Gasteiger charge is -2.01.